The van der Waals surface area contributed by atoms with Crippen LogP contribution in [0.5, 0.6) is 11.5 Å². The van der Waals surface area contributed by atoms with E-state index in [4.69, 9.17) is 9.47 Å². The number of amides is 2. The number of aryl methyl sites for hydroxylation is 3. The molecule has 2 aromatic rings. The number of Topliss-reactive ketones (excluding diaryl/α,β-unsaturated/α-hetero) is 1. The summed E-state index contributed by atoms with van der Waals surface area (Å²) in [6.45, 7) is 6.48. The van der Waals surface area contributed by atoms with Crippen molar-refractivity contribution < 1.29 is 23.9 Å². The molecule has 2 amide bonds. The van der Waals surface area contributed by atoms with Crippen LogP contribution in [0.25, 0.3) is 0 Å². The van der Waals surface area contributed by atoms with Crippen LogP contribution in [0.2, 0.25) is 0 Å². The number of para-hydroxylation sites is 1. The molecule has 2 aromatic carbocycles. The smallest absolute Gasteiger partial charge is 0.257 e. The van der Waals surface area contributed by atoms with Crippen LogP contribution in [0, 0.1) is 26.7 Å². The summed E-state index contributed by atoms with van der Waals surface area (Å²) >= 11 is 0. The molecule has 1 saturated heterocycles. The highest BCUT2D eigenvalue weighted by Crippen LogP contribution is 2.25. The fourth-order valence-corrected chi connectivity index (χ4v) is 4.10. The monoisotopic (exact) mass is 452 g/mol. The van der Waals surface area contributed by atoms with Crippen molar-refractivity contribution in [1.29, 1.82) is 0 Å². The Hall–Kier alpha value is -3.35. The SMILES string of the molecule is COc1ccc(C)cc1C(=O)N1CCC[C@@H](C(=O)NCC(=O)COc2c(C)cccc2C)C1. The fraction of sp³-hybridized carbons (Fsp3) is 0.423. The zero-order valence-electron chi connectivity index (χ0n) is 19.8. The fourth-order valence-electron chi connectivity index (χ4n) is 4.10. The second-order valence-electron chi connectivity index (χ2n) is 8.56. The maximum atomic E-state index is 13.1. The first-order chi connectivity index (χ1) is 15.8. The van der Waals surface area contributed by atoms with Gasteiger partial charge >= 0.3 is 0 Å². The van der Waals surface area contributed by atoms with Gasteiger partial charge in [-0.05, 0) is 56.9 Å². The van der Waals surface area contributed by atoms with Crippen molar-refractivity contribution >= 4 is 17.6 Å². The first-order valence-corrected chi connectivity index (χ1v) is 11.2. The Morgan fingerprint density at radius 3 is 2.52 bits per heavy atom. The van der Waals surface area contributed by atoms with E-state index in [1.54, 1.807) is 17.0 Å². The van der Waals surface area contributed by atoms with E-state index in [1.807, 2.05) is 45.0 Å². The largest absolute Gasteiger partial charge is 0.496 e. The Kier molecular flexibility index (Phi) is 8.09. The summed E-state index contributed by atoms with van der Waals surface area (Å²) < 4.78 is 11.0. The van der Waals surface area contributed by atoms with Crippen molar-refractivity contribution in [2.45, 2.75) is 33.6 Å². The summed E-state index contributed by atoms with van der Waals surface area (Å²) in [5.74, 6) is 0.289. The molecule has 1 heterocycles. The Bertz CT molecular complexity index is 1010. The van der Waals surface area contributed by atoms with E-state index in [9.17, 15) is 14.4 Å². The summed E-state index contributed by atoms with van der Waals surface area (Å²) in [5.41, 5.74) is 3.39. The lowest BCUT2D eigenvalue weighted by Crippen LogP contribution is -2.46. The summed E-state index contributed by atoms with van der Waals surface area (Å²) in [6, 6.07) is 11.3. The minimum absolute atomic E-state index is 0.0973. The number of ketones is 1. The number of hydrogen-bond donors (Lipinski definition) is 1. The average molecular weight is 453 g/mol. The van der Waals surface area contributed by atoms with E-state index < -0.39 is 0 Å². The van der Waals surface area contributed by atoms with Crippen molar-refractivity contribution in [3.63, 3.8) is 0 Å². The lowest BCUT2D eigenvalue weighted by molar-refractivity contribution is -0.129. The Labute approximate surface area is 195 Å². The molecule has 0 radical (unpaired) electrons. The third kappa shape index (κ3) is 6.12. The molecule has 1 aliphatic rings. The number of rotatable bonds is 8. The van der Waals surface area contributed by atoms with Crippen LogP contribution in [-0.4, -0.2) is 55.8 Å². The molecule has 3 rings (SSSR count). The molecule has 0 spiro atoms. The minimum Gasteiger partial charge on any atom is -0.496 e. The van der Waals surface area contributed by atoms with Crippen LogP contribution in [0.4, 0.5) is 0 Å². The highest BCUT2D eigenvalue weighted by atomic mass is 16.5. The van der Waals surface area contributed by atoms with Gasteiger partial charge in [0.25, 0.3) is 5.91 Å². The number of carbonyl (C=O) groups excluding carboxylic acids is 3. The normalized spacial score (nSPS) is 15.6. The zero-order valence-corrected chi connectivity index (χ0v) is 19.8. The number of likely N-dealkylation sites (tertiary alicyclic amines) is 1. The first-order valence-electron chi connectivity index (χ1n) is 11.2. The van der Waals surface area contributed by atoms with E-state index in [2.05, 4.69) is 5.32 Å². The van der Waals surface area contributed by atoms with Crippen molar-refractivity contribution in [2.75, 3.05) is 33.4 Å². The number of ether oxygens (including phenoxy) is 2. The van der Waals surface area contributed by atoms with Crippen molar-refractivity contribution in [2.24, 2.45) is 5.92 Å². The molecular weight excluding hydrogens is 420 g/mol. The Balaban J connectivity index is 1.53. The van der Waals surface area contributed by atoms with E-state index in [1.165, 1.54) is 7.11 Å². The molecule has 7 heteroatoms. The molecule has 1 atom stereocenters. The number of hydrogen-bond acceptors (Lipinski definition) is 5. The van der Waals surface area contributed by atoms with Crippen molar-refractivity contribution in [3.05, 3.63) is 58.7 Å². The van der Waals surface area contributed by atoms with E-state index in [-0.39, 0.29) is 36.7 Å². The van der Waals surface area contributed by atoms with E-state index in [0.717, 1.165) is 23.1 Å². The lowest BCUT2D eigenvalue weighted by atomic mass is 9.96. The van der Waals surface area contributed by atoms with E-state index in [0.29, 0.717) is 36.6 Å². The molecule has 0 aromatic heterocycles. The molecule has 1 aliphatic heterocycles. The number of carbonyl (C=O) groups is 3. The Morgan fingerprint density at radius 1 is 1.09 bits per heavy atom. The summed E-state index contributed by atoms with van der Waals surface area (Å²) in [7, 11) is 1.54. The number of benzene rings is 2. The number of nitrogens with one attached hydrogen (secondary N) is 1. The maximum absolute atomic E-state index is 13.1. The first kappa shape index (κ1) is 24.3. The van der Waals surface area contributed by atoms with Crippen LogP contribution >= 0.6 is 0 Å². The van der Waals surface area contributed by atoms with Gasteiger partial charge in [-0.1, -0.05) is 29.8 Å². The van der Waals surface area contributed by atoms with Gasteiger partial charge in [-0.25, -0.2) is 0 Å². The summed E-state index contributed by atoms with van der Waals surface area (Å²) in [4.78, 5) is 39.7. The molecule has 33 heavy (non-hydrogen) atoms. The van der Waals surface area contributed by atoms with Crippen LogP contribution in [0.15, 0.2) is 36.4 Å². The topological polar surface area (TPSA) is 84.9 Å². The molecule has 0 bridgehead atoms. The van der Waals surface area contributed by atoms with Gasteiger partial charge in [-0.2, -0.15) is 0 Å². The van der Waals surface area contributed by atoms with Gasteiger partial charge in [0.1, 0.15) is 18.1 Å². The zero-order chi connectivity index (χ0) is 24.0. The number of methoxy groups -OCH3 is 1. The third-order valence-corrected chi connectivity index (χ3v) is 5.91. The van der Waals surface area contributed by atoms with E-state index >= 15 is 0 Å². The molecule has 7 nitrogen and oxygen atoms in total. The quantitative estimate of drug-likeness (QED) is 0.665. The average Bonchev–Trinajstić information content (AvgIpc) is 2.81. The standard InChI is InChI=1S/C26H32N2O5/c1-17-10-11-23(32-4)22(13-17)26(31)28-12-6-9-20(15-28)25(30)27-14-21(29)16-33-24-18(2)7-5-8-19(24)3/h5,7-8,10-11,13,20H,6,9,12,14-16H2,1-4H3,(H,27,30)/t20-/m1/s1. The van der Waals surface area contributed by atoms with Gasteiger partial charge in [0.15, 0.2) is 5.78 Å². The second-order valence-corrected chi connectivity index (χ2v) is 8.56. The van der Waals surface area contributed by atoms with Crippen LogP contribution in [0.1, 0.15) is 39.9 Å². The molecular formula is C26H32N2O5. The van der Waals surface area contributed by atoms with Gasteiger partial charge in [0.05, 0.1) is 25.1 Å². The van der Waals surface area contributed by atoms with Gasteiger partial charge in [-0.15, -0.1) is 0 Å². The molecule has 176 valence electrons. The maximum Gasteiger partial charge on any atom is 0.257 e. The van der Waals surface area contributed by atoms with Gasteiger partial charge in [0.2, 0.25) is 5.91 Å². The van der Waals surface area contributed by atoms with Crippen LogP contribution < -0.4 is 14.8 Å². The Morgan fingerprint density at radius 2 is 1.82 bits per heavy atom. The predicted molar refractivity (Wildman–Crippen MR) is 126 cm³/mol. The number of nitrogens with zero attached hydrogens (tertiary/aromatic N) is 1. The molecule has 0 unspecified atom stereocenters. The minimum atomic E-state index is -0.356. The highest BCUT2D eigenvalue weighted by molar-refractivity contribution is 5.97. The van der Waals surface area contributed by atoms with Crippen LogP contribution in [0.3, 0.4) is 0 Å². The third-order valence-electron chi connectivity index (χ3n) is 5.91. The molecule has 0 aliphatic carbocycles. The molecule has 1 N–H and O–H groups in total. The van der Waals surface area contributed by atoms with Crippen molar-refractivity contribution in [1.82, 2.24) is 10.2 Å². The van der Waals surface area contributed by atoms with Crippen LogP contribution in [-0.2, 0) is 9.59 Å². The molecule has 1 fully saturated rings. The second kappa shape index (κ2) is 11.0. The number of piperidine rings is 1. The molecule has 0 saturated carbocycles. The summed E-state index contributed by atoms with van der Waals surface area (Å²) in [6.07, 6.45) is 1.40. The van der Waals surface area contributed by atoms with Crippen molar-refractivity contribution in [3.8, 4) is 11.5 Å². The highest BCUT2D eigenvalue weighted by Gasteiger charge is 2.30. The van der Waals surface area contributed by atoms with Gasteiger partial charge in [0, 0.05) is 13.1 Å². The van der Waals surface area contributed by atoms with Gasteiger partial charge in [-0.3, -0.25) is 14.4 Å². The van der Waals surface area contributed by atoms with Gasteiger partial charge < -0.3 is 19.7 Å². The predicted octanol–water partition coefficient (Wildman–Crippen LogP) is 3.24. The summed E-state index contributed by atoms with van der Waals surface area (Å²) in [5, 5.41) is 2.72. The lowest BCUT2D eigenvalue weighted by Gasteiger charge is -2.32.